The summed E-state index contributed by atoms with van der Waals surface area (Å²) in [5.41, 5.74) is -5.84. The van der Waals surface area contributed by atoms with Crippen molar-refractivity contribution in [2.24, 2.45) is 0 Å². The van der Waals surface area contributed by atoms with Crippen molar-refractivity contribution < 1.29 is 35.9 Å². The number of halogens is 3. The number of imide groups is 1. The summed E-state index contributed by atoms with van der Waals surface area (Å²) in [5.74, 6) is 0.00370. The normalized spacial score (nSPS) is 20.6. The van der Waals surface area contributed by atoms with Crippen LogP contribution in [0.25, 0.3) is 0 Å². The third-order valence-corrected chi connectivity index (χ3v) is 8.63. The molecule has 1 aromatic heterocycles. The number of anilines is 1. The number of pyridine rings is 1. The lowest BCUT2D eigenvalue weighted by Gasteiger charge is -2.27. The lowest BCUT2D eigenvalue weighted by molar-refractivity contribution is -0.120. The second-order valence-corrected chi connectivity index (χ2v) is 11.4. The smallest absolute Gasteiger partial charge is 0.473 e. The molecular weight excluding hydrogens is 513 g/mol. The quantitative estimate of drug-likeness (QED) is 0.496. The molecule has 37 heavy (non-hydrogen) atoms. The van der Waals surface area contributed by atoms with Crippen LogP contribution in [0.2, 0.25) is 0 Å². The molecular formula is C24H25F3N4O5S. The topological polar surface area (TPSA) is 100 Å². The number of amides is 3. The third-order valence-electron chi connectivity index (χ3n) is 7.12. The molecule has 0 radical (unpaired) electrons. The predicted octanol–water partition coefficient (Wildman–Crippen LogP) is 3.70. The zero-order valence-electron chi connectivity index (χ0n) is 19.9. The van der Waals surface area contributed by atoms with Gasteiger partial charge in [0.25, 0.3) is 15.7 Å². The molecule has 3 fully saturated rings. The number of benzene rings is 1. The highest BCUT2D eigenvalue weighted by molar-refractivity contribution is 7.92. The van der Waals surface area contributed by atoms with Crippen molar-refractivity contribution in [3.05, 3.63) is 48.3 Å². The average Bonchev–Trinajstić information content (AvgIpc) is 3.40. The van der Waals surface area contributed by atoms with E-state index < -0.39 is 37.7 Å². The van der Waals surface area contributed by atoms with Gasteiger partial charge in [0, 0.05) is 24.8 Å². The Morgan fingerprint density at radius 2 is 1.73 bits per heavy atom. The van der Waals surface area contributed by atoms with E-state index in [1.165, 1.54) is 4.90 Å². The van der Waals surface area contributed by atoms with Crippen LogP contribution >= 0.6 is 0 Å². The van der Waals surface area contributed by atoms with E-state index in [4.69, 9.17) is 4.74 Å². The van der Waals surface area contributed by atoms with E-state index in [1.807, 2.05) is 6.92 Å². The Morgan fingerprint density at radius 1 is 1.08 bits per heavy atom. The molecule has 0 N–H and O–H groups in total. The summed E-state index contributed by atoms with van der Waals surface area (Å²) in [6.45, 7) is 3.87. The van der Waals surface area contributed by atoms with Gasteiger partial charge in [0.1, 0.15) is 17.5 Å². The van der Waals surface area contributed by atoms with Crippen molar-refractivity contribution in [2.45, 2.75) is 61.3 Å². The van der Waals surface area contributed by atoms with Crippen LogP contribution in [0.15, 0.2) is 47.6 Å². The monoisotopic (exact) mass is 538 g/mol. The van der Waals surface area contributed by atoms with Crippen LogP contribution in [0.4, 0.5) is 23.7 Å². The number of likely N-dealkylation sites (tertiary alicyclic amines) is 1. The summed E-state index contributed by atoms with van der Waals surface area (Å²) in [7, 11) is -5.55. The molecule has 2 saturated heterocycles. The van der Waals surface area contributed by atoms with Crippen LogP contribution < -0.4 is 9.64 Å². The lowest BCUT2D eigenvalue weighted by Crippen LogP contribution is -2.37. The molecule has 5 rings (SSSR count). The zero-order chi connectivity index (χ0) is 26.6. The van der Waals surface area contributed by atoms with E-state index in [9.17, 15) is 31.2 Å². The number of rotatable bonds is 7. The van der Waals surface area contributed by atoms with Crippen molar-refractivity contribution in [3.63, 3.8) is 0 Å². The minimum absolute atomic E-state index is 0.00115. The fourth-order valence-corrected chi connectivity index (χ4v) is 5.61. The van der Waals surface area contributed by atoms with Gasteiger partial charge in [-0.05, 0) is 62.9 Å². The molecule has 1 unspecified atom stereocenters. The number of alkyl halides is 3. The van der Waals surface area contributed by atoms with Gasteiger partial charge in [-0.3, -0.25) is 14.7 Å². The van der Waals surface area contributed by atoms with E-state index >= 15 is 0 Å². The van der Waals surface area contributed by atoms with Crippen LogP contribution in [0, 0.1) is 0 Å². The lowest BCUT2D eigenvalue weighted by atomic mass is 10.2. The van der Waals surface area contributed by atoms with E-state index in [1.54, 1.807) is 18.5 Å². The number of nitrogens with zero attached hydrogens (tertiary/aromatic N) is 4. The average molecular weight is 539 g/mol. The van der Waals surface area contributed by atoms with E-state index in [-0.39, 0.29) is 18.5 Å². The van der Waals surface area contributed by atoms with Gasteiger partial charge < -0.3 is 9.64 Å². The molecule has 3 aliphatic rings. The fraction of sp³-hybridized carbons (Fsp3) is 0.458. The number of aromatic nitrogens is 1. The number of sulfone groups is 1. The first-order valence-electron chi connectivity index (χ1n) is 11.9. The Hall–Kier alpha value is -3.19. The zero-order valence-corrected chi connectivity index (χ0v) is 20.8. The minimum Gasteiger partial charge on any atom is -0.473 e. The fourth-order valence-electron chi connectivity index (χ4n) is 4.85. The Morgan fingerprint density at radius 3 is 2.32 bits per heavy atom. The van der Waals surface area contributed by atoms with E-state index in [0.717, 1.165) is 55.1 Å². The first kappa shape index (κ1) is 25.5. The van der Waals surface area contributed by atoms with Gasteiger partial charge >= 0.3 is 11.5 Å². The number of hydrogen-bond donors (Lipinski definition) is 0. The molecule has 13 heteroatoms. The van der Waals surface area contributed by atoms with Crippen molar-refractivity contribution in [3.8, 4) is 5.75 Å². The van der Waals surface area contributed by atoms with Crippen molar-refractivity contribution >= 4 is 27.5 Å². The summed E-state index contributed by atoms with van der Waals surface area (Å²) in [5, 5.41) is 0. The first-order chi connectivity index (χ1) is 17.5. The van der Waals surface area contributed by atoms with Crippen LogP contribution in [-0.4, -0.2) is 65.5 Å². The standard InChI is InChI=1S/C24H25F3N4O5S/c1-16(29-12-2-3-13-29)36-20-14-28-11-8-17(20)15-30-22(33)31(21(32)23(30)9-10-23)18-4-6-19(7-5-18)37(34,35)24(25,26)27/h4-8,11,14,16H,2-3,9-10,12-13,15H2,1H3. The summed E-state index contributed by atoms with van der Waals surface area (Å²) in [4.78, 5) is 34.4. The van der Waals surface area contributed by atoms with Gasteiger partial charge in [0.05, 0.1) is 23.3 Å². The SMILES string of the molecule is CC(Oc1cnccc1CN1C(=O)N(c2ccc(S(=O)(=O)C(F)(F)F)cc2)C(=O)C12CC2)N1CCCC1. The van der Waals surface area contributed by atoms with Crippen molar-refractivity contribution in [1.29, 1.82) is 0 Å². The molecule has 198 valence electrons. The molecule has 1 atom stereocenters. The van der Waals surface area contributed by atoms with Crippen LogP contribution in [0.5, 0.6) is 5.75 Å². The molecule has 1 spiro atoms. The molecule has 1 aliphatic carbocycles. The Balaban J connectivity index is 1.39. The molecule has 2 aliphatic heterocycles. The number of carbonyl (C=O) groups excluding carboxylic acids is 2. The maximum Gasteiger partial charge on any atom is 0.501 e. The number of urea groups is 1. The van der Waals surface area contributed by atoms with Crippen molar-refractivity contribution in [2.75, 3.05) is 18.0 Å². The predicted molar refractivity (Wildman–Crippen MR) is 125 cm³/mol. The van der Waals surface area contributed by atoms with Crippen LogP contribution in [-0.2, 0) is 21.2 Å². The number of hydrogen-bond acceptors (Lipinski definition) is 7. The van der Waals surface area contributed by atoms with Crippen LogP contribution in [0.3, 0.4) is 0 Å². The van der Waals surface area contributed by atoms with Crippen molar-refractivity contribution in [1.82, 2.24) is 14.8 Å². The highest BCUT2D eigenvalue weighted by atomic mass is 32.2. The second-order valence-electron chi connectivity index (χ2n) is 9.43. The van der Waals surface area contributed by atoms with Crippen LogP contribution in [0.1, 0.15) is 38.2 Å². The molecule has 0 bridgehead atoms. The van der Waals surface area contributed by atoms with E-state index in [2.05, 4.69) is 9.88 Å². The first-order valence-corrected chi connectivity index (χ1v) is 13.4. The number of carbonyl (C=O) groups is 2. The molecule has 1 saturated carbocycles. The maximum atomic E-state index is 13.4. The van der Waals surface area contributed by atoms with Gasteiger partial charge in [-0.2, -0.15) is 13.2 Å². The largest absolute Gasteiger partial charge is 0.501 e. The molecule has 9 nitrogen and oxygen atoms in total. The Labute approximate surface area is 211 Å². The molecule has 1 aromatic carbocycles. The molecule has 3 heterocycles. The Bertz CT molecular complexity index is 1320. The minimum atomic E-state index is -5.55. The molecule has 3 amide bonds. The van der Waals surface area contributed by atoms with Gasteiger partial charge in [0.15, 0.2) is 0 Å². The maximum absolute atomic E-state index is 13.4. The van der Waals surface area contributed by atoms with Gasteiger partial charge in [-0.15, -0.1) is 0 Å². The van der Waals surface area contributed by atoms with Gasteiger partial charge in [0.2, 0.25) is 0 Å². The summed E-state index contributed by atoms with van der Waals surface area (Å²) in [6, 6.07) is 4.65. The summed E-state index contributed by atoms with van der Waals surface area (Å²) in [6.07, 6.45) is 6.03. The molecule has 2 aromatic rings. The second kappa shape index (κ2) is 8.98. The Kier molecular flexibility index (Phi) is 6.18. The number of ether oxygens (including phenoxy) is 1. The highest BCUT2D eigenvalue weighted by Gasteiger charge is 2.65. The highest BCUT2D eigenvalue weighted by Crippen LogP contribution is 2.50. The van der Waals surface area contributed by atoms with E-state index in [0.29, 0.717) is 24.2 Å². The van der Waals surface area contributed by atoms with Gasteiger partial charge in [-0.1, -0.05) is 0 Å². The third kappa shape index (κ3) is 4.33. The van der Waals surface area contributed by atoms with Gasteiger partial charge in [-0.25, -0.2) is 18.1 Å². The summed E-state index contributed by atoms with van der Waals surface area (Å²) >= 11 is 0. The summed E-state index contributed by atoms with van der Waals surface area (Å²) < 4.78 is 68.1.